The summed E-state index contributed by atoms with van der Waals surface area (Å²) in [4.78, 5) is 14.5. The van der Waals surface area contributed by atoms with Crippen molar-refractivity contribution in [1.82, 2.24) is 10.3 Å². The molecule has 1 aromatic rings. The molecule has 1 aromatic heterocycles. The zero-order valence-electron chi connectivity index (χ0n) is 9.64. The molecule has 2 unspecified atom stereocenters. The highest BCUT2D eigenvalue weighted by molar-refractivity contribution is 5.72. The van der Waals surface area contributed by atoms with E-state index < -0.39 is 18.0 Å². The van der Waals surface area contributed by atoms with Crippen molar-refractivity contribution in [2.24, 2.45) is 0 Å². The Balaban J connectivity index is 2.70. The Morgan fingerprint density at radius 2 is 2.18 bits per heavy atom. The van der Waals surface area contributed by atoms with E-state index >= 15 is 0 Å². The van der Waals surface area contributed by atoms with E-state index in [9.17, 15) is 19.4 Å². The minimum atomic E-state index is -1.26. The molecule has 3 N–H and O–H groups in total. The number of hydrogen-bond acceptors (Lipinski definition) is 4. The van der Waals surface area contributed by atoms with Crippen molar-refractivity contribution >= 4 is 5.91 Å². The van der Waals surface area contributed by atoms with Gasteiger partial charge in [-0.25, -0.2) is 4.39 Å². The molecule has 0 bridgehead atoms. The highest BCUT2D eigenvalue weighted by atomic mass is 19.1. The molecule has 0 fully saturated rings. The van der Waals surface area contributed by atoms with Crippen LogP contribution in [0.4, 0.5) is 4.39 Å². The second-order valence-corrected chi connectivity index (χ2v) is 3.75. The van der Waals surface area contributed by atoms with E-state index in [0.29, 0.717) is 0 Å². The maximum Gasteiger partial charge on any atom is 0.216 e. The molecule has 0 aliphatic carbocycles. The van der Waals surface area contributed by atoms with Crippen LogP contribution in [-0.2, 0) is 4.79 Å². The quantitative estimate of drug-likeness (QED) is 0.697. The highest BCUT2D eigenvalue weighted by Crippen LogP contribution is 2.16. The van der Waals surface area contributed by atoms with Crippen LogP contribution < -0.4 is 5.32 Å². The first-order chi connectivity index (χ1) is 7.91. The minimum absolute atomic E-state index is 0.0887. The van der Waals surface area contributed by atoms with Gasteiger partial charge >= 0.3 is 0 Å². The summed E-state index contributed by atoms with van der Waals surface area (Å²) < 4.78 is 13.0. The molecule has 2 atom stereocenters. The molecule has 0 radical (unpaired) electrons. The number of carbonyl (C=O) groups excluding carboxylic acids is 1. The summed E-state index contributed by atoms with van der Waals surface area (Å²) in [5, 5.41) is 21.7. The number of carbonyl (C=O) groups is 1. The van der Waals surface area contributed by atoms with Gasteiger partial charge in [0.2, 0.25) is 5.91 Å². The smallest absolute Gasteiger partial charge is 0.216 e. The number of halogens is 1. The van der Waals surface area contributed by atoms with Gasteiger partial charge in [-0.05, 0) is 19.1 Å². The van der Waals surface area contributed by atoms with Gasteiger partial charge in [-0.1, -0.05) is 0 Å². The van der Waals surface area contributed by atoms with E-state index in [2.05, 4.69) is 10.3 Å². The SMILES string of the molecule is CC(=O)NCC(O)C(O)c1ccc(F)c(C)n1. The second-order valence-electron chi connectivity index (χ2n) is 3.75. The van der Waals surface area contributed by atoms with Crippen LogP contribution >= 0.6 is 0 Å². The molecule has 0 spiro atoms. The van der Waals surface area contributed by atoms with Crippen molar-refractivity contribution in [3.63, 3.8) is 0 Å². The van der Waals surface area contributed by atoms with Crippen molar-refractivity contribution in [2.75, 3.05) is 6.54 Å². The van der Waals surface area contributed by atoms with E-state index in [4.69, 9.17) is 0 Å². The number of hydrogen-bond donors (Lipinski definition) is 3. The Hall–Kier alpha value is -1.53. The third kappa shape index (κ3) is 3.76. The lowest BCUT2D eigenvalue weighted by Gasteiger charge is -2.17. The molecule has 1 rings (SSSR count). The Kier molecular flexibility index (Phi) is 4.53. The fraction of sp³-hybridized carbons (Fsp3) is 0.455. The lowest BCUT2D eigenvalue weighted by Crippen LogP contribution is -2.34. The molecular weight excluding hydrogens is 227 g/mol. The number of amides is 1. The average Bonchev–Trinajstić information content (AvgIpc) is 2.28. The van der Waals surface area contributed by atoms with Gasteiger partial charge in [0.1, 0.15) is 18.0 Å². The zero-order valence-corrected chi connectivity index (χ0v) is 9.64. The topological polar surface area (TPSA) is 82.5 Å². The van der Waals surface area contributed by atoms with Gasteiger partial charge in [0.15, 0.2) is 0 Å². The van der Waals surface area contributed by atoms with Crippen LogP contribution in [0.5, 0.6) is 0 Å². The fourth-order valence-corrected chi connectivity index (χ4v) is 1.29. The molecule has 1 amide bonds. The maximum atomic E-state index is 13.0. The number of rotatable bonds is 4. The molecule has 0 saturated carbocycles. The number of nitrogens with zero attached hydrogens (tertiary/aromatic N) is 1. The van der Waals surface area contributed by atoms with Gasteiger partial charge in [0.25, 0.3) is 0 Å². The van der Waals surface area contributed by atoms with Crippen LogP contribution in [-0.4, -0.2) is 33.8 Å². The maximum absolute atomic E-state index is 13.0. The lowest BCUT2D eigenvalue weighted by atomic mass is 10.1. The number of aryl methyl sites for hydroxylation is 1. The van der Waals surface area contributed by atoms with Crippen LogP contribution in [0.25, 0.3) is 0 Å². The van der Waals surface area contributed by atoms with Crippen LogP contribution in [0.3, 0.4) is 0 Å². The van der Waals surface area contributed by atoms with Gasteiger partial charge in [-0.3, -0.25) is 9.78 Å². The molecule has 1 heterocycles. The summed E-state index contributed by atoms with van der Waals surface area (Å²) >= 11 is 0. The van der Waals surface area contributed by atoms with Gasteiger partial charge in [-0.2, -0.15) is 0 Å². The Bertz CT molecular complexity index is 412. The molecule has 0 saturated heterocycles. The Morgan fingerprint density at radius 1 is 1.53 bits per heavy atom. The summed E-state index contributed by atoms with van der Waals surface area (Å²) in [7, 11) is 0. The molecule has 17 heavy (non-hydrogen) atoms. The van der Waals surface area contributed by atoms with Crippen LogP contribution in [0.1, 0.15) is 24.4 Å². The van der Waals surface area contributed by atoms with Crippen molar-refractivity contribution < 1.29 is 19.4 Å². The summed E-state index contributed by atoms with van der Waals surface area (Å²) in [5.74, 6) is -0.781. The van der Waals surface area contributed by atoms with Gasteiger partial charge < -0.3 is 15.5 Å². The van der Waals surface area contributed by atoms with E-state index in [1.165, 1.54) is 26.0 Å². The van der Waals surface area contributed by atoms with Gasteiger partial charge in [0, 0.05) is 13.5 Å². The summed E-state index contributed by atoms with van der Waals surface area (Å²) in [6.45, 7) is 2.68. The zero-order chi connectivity index (χ0) is 13.0. The first kappa shape index (κ1) is 13.5. The molecule has 94 valence electrons. The Morgan fingerprint density at radius 3 is 2.71 bits per heavy atom. The van der Waals surface area contributed by atoms with Crippen LogP contribution in [0, 0.1) is 12.7 Å². The molecule has 5 nitrogen and oxygen atoms in total. The van der Waals surface area contributed by atoms with E-state index in [-0.39, 0.29) is 23.8 Å². The molecule has 6 heteroatoms. The number of nitrogens with one attached hydrogen (secondary N) is 1. The lowest BCUT2D eigenvalue weighted by molar-refractivity contribution is -0.119. The van der Waals surface area contributed by atoms with E-state index in [1.807, 2.05) is 0 Å². The second kappa shape index (κ2) is 5.70. The number of aliphatic hydroxyl groups excluding tert-OH is 2. The van der Waals surface area contributed by atoms with E-state index in [0.717, 1.165) is 0 Å². The summed E-state index contributed by atoms with van der Waals surface area (Å²) in [6.07, 6.45) is -2.45. The monoisotopic (exact) mass is 242 g/mol. The van der Waals surface area contributed by atoms with Crippen LogP contribution in [0.15, 0.2) is 12.1 Å². The first-order valence-electron chi connectivity index (χ1n) is 5.15. The molecular formula is C11H15FN2O3. The minimum Gasteiger partial charge on any atom is -0.388 e. The van der Waals surface area contributed by atoms with Crippen molar-refractivity contribution in [2.45, 2.75) is 26.1 Å². The predicted octanol–water partition coefficient (Wildman–Crippen LogP) is 0.0595. The van der Waals surface area contributed by atoms with Crippen LogP contribution in [0.2, 0.25) is 0 Å². The third-order valence-electron chi connectivity index (χ3n) is 2.27. The summed E-state index contributed by atoms with van der Waals surface area (Å²) in [5.41, 5.74) is 0.315. The number of aromatic nitrogens is 1. The van der Waals surface area contributed by atoms with Crippen molar-refractivity contribution in [1.29, 1.82) is 0 Å². The number of pyridine rings is 1. The molecule has 0 aliphatic heterocycles. The highest BCUT2D eigenvalue weighted by Gasteiger charge is 2.20. The third-order valence-corrected chi connectivity index (χ3v) is 2.27. The standard InChI is InChI=1S/C11H15FN2O3/c1-6-8(12)3-4-9(14-6)11(17)10(16)5-13-7(2)15/h3-4,10-11,16-17H,5H2,1-2H3,(H,13,15). The number of aliphatic hydroxyl groups is 2. The normalized spacial score (nSPS) is 14.2. The average molecular weight is 242 g/mol. The fourth-order valence-electron chi connectivity index (χ4n) is 1.29. The van der Waals surface area contributed by atoms with Gasteiger partial charge in [-0.15, -0.1) is 0 Å². The molecule has 0 aromatic carbocycles. The molecule has 0 aliphatic rings. The van der Waals surface area contributed by atoms with Gasteiger partial charge in [0.05, 0.1) is 11.4 Å². The largest absolute Gasteiger partial charge is 0.388 e. The van der Waals surface area contributed by atoms with E-state index in [1.54, 1.807) is 0 Å². The summed E-state index contributed by atoms with van der Waals surface area (Å²) in [6, 6.07) is 2.47. The predicted molar refractivity (Wildman–Crippen MR) is 58.6 cm³/mol. The first-order valence-corrected chi connectivity index (χ1v) is 5.15. The van der Waals surface area contributed by atoms with Crippen molar-refractivity contribution in [3.8, 4) is 0 Å². The van der Waals surface area contributed by atoms with Crippen molar-refractivity contribution in [3.05, 3.63) is 29.3 Å². The Labute approximate surface area is 98.3 Å².